The van der Waals surface area contributed by atoms with Crippen LogP contribution in [0.2, 0.25) is 0 Å². The van der Waals surface area contributed by atoms with Crippen LogP contribution in [0.1, 0.15) is 17.5 Å². The van der Waals surface area contributed by atoms with Crippen LogP contribution in [-0.4, -0.2) is 49.6 Å². The van der Waals surface area contributed by atoms with E-state index in [4.69, 9.17) is 0 Å². The average molecular weight is 380 g/mol. The fourth-order valence-corrected chi connectivity index (χ4v) is 3.35. The van der Waals surface area contributed by atoms with Crippen LogP contribution in [0.5, 0.6) is 0 Å². The van der Waals surface area contributed by atoms with Crippen LogP contribution >= 0.6 is 0 Å². The molecule has 6 nitrogen and oxygen atoms in total. The van der Waals surface area contributed by atoms with Gasteiger partial charge in [0.2, 0.25) is 5.91 Å². The molecule has 0 aliphatic carbocycles. The van der Waals surface area contributed by atoms with Gasteiger partial charge in [-0.2, -0.15) is 0 Å². The van der Waals surface area contributed by atoms with Crippen molar-refractivity contribution in [3.8, 4) is 0 Å². The first-order valence-corrected chi connectivity index (χ1v) is 9.65. The number of rotatable bonds is 7. The molecular weight excluding hydrogens is 352 g/mol. The van der Waals surface area contributed by atoms with E-state index in [1.807, 2.05) is 56.4 Å². The molecular formula is C22H28N4O2. The van der Waals surface area contributed by atoms with Crippen LogP contribution in [0.15, 0.2) is 54.6 Å². The number of amides is 3. The van der Waals surface area contributed by atoms with Crippen molar-refractivity contribution in [2.45, 2.75) is 25.9 Å². The number of aryl methyl sites for hydroxylation is 1. The fourth-order valence-electron chi connectivity index (χ4n) is 3.35. The molecule has 0 radical (unpaired) electrons. The van der Waals surface area contributed by atoms with E-state index in [0.29, 0.717) is 19.5 Å². The number of nitrogens with zero attached hydrogens (tertiary/aromatic N) is 2. The summed E-state index contributed by atoms with van der Waals surface area (Å²) in [5, 5.41) is 5.79. The lowest BCUT2D eigenvalue weighted by molar-refractivity contribution is -0.117. The smallest absolute Gasteiger partial charge is 0.315 e. The number of nitrogens with one attached hydrogen (secondary N) is 2. The summed E-state index contributed by atoms with van der Waals surface area (Å²) >= 11 is 0. The van der Waals surface area contributed by atoms with Crippen molar-refractivity contribution in [2.75, 3.05) is 31.6 Å². The third-order valence-electron chi connectivity index (χ3n) is 4.88. The highest BCUT2D eigenvalue weighted by Crippen LogP contribution is 2.21. The number of carbonyl (C=O) groups excluding carboxylic acids is 2. The molecule has 0 aromatic heterocycles. The number of benzene rings is 2. The zero-order chi connectivity index (χ0) is 19.9. The Labute approximate surface area is 166 Å². The van der Waals surface area contributed by atoms with Crippen molar-refractivity contribution in [1.82, 2.24) is 15.5 Å². The highest BCUT2D eigenvalue weighted by atomic mass is 16.2. The summed E-state index contributed by atoms with van der Waals surface area (Å²) in [5.74, 6) is 0.0387. The van der Waals surface area contributed by atoms with Gasteiger partial charge in [0.25, 0.3) is 0 Å². The molecule has 2 N–H and O–H groups in total. The second-order valence-electron chi connectivity index (χ2n) is 7.36. The molecule has 6 heteroatoms. The molecule has 1 aliphatic heterocycles. The number of likely N-dealkylation sites (N-methyl/N-ethyl adjacent to an activating group) is 1. The number of hydrogen-bond donors (Lipinski definition) is 2. The predicted molar refractivity (Wildman–Crippen MR) is 111 cm³/mol. The molecule has 3 rings (SSSR count). The second-order valence-corrected chi connectivity index (χ2v) is 7.36. The lowest BCUT2D eigenvalue weighted by Crippen LogP contribution is -2.45. The second kappa shape index (κ2) is 9.37. The summed E-state index contributed by atoms with van der Waals surface area (Å²) in [7, 11) is 2.03. The Hall–Kier alpha value is -2.86. The Morgan fingerprint density at radius 3 is 2.57 bits per heavy atom. The maximum absolute atomic E-state index is 12.3. The molecule has 1 heterocycles. The number of hydrogen-bond acceptors (Lipinski definition) is 3. The highest BCUT2D eigenvalue weighted by molar-refractivity contribution is 5.96. The van der Waals surface area contributed by atoms with Gasteiger partial charge in [0.15, 0.2) is 0 Å². The van der Waals surface area contributed by atoms with Crippen LogP contribution in [-0.2, 0) is 11.3 Å². The van der Waals surface area contributed by atoms with Gasteiger partial charge in [-0.3, -0.25) is 4.79 Å². The van der Waals surface area contributed by atoms with E-state index in [9.17, 15) is 9.59 Å². The molecule has 1 saturated heterocycles. The maximum Gasteiger partial charge on any atom is 0.315 e. The van der Waals surface area contributed by atoms with Gasteiger partial charge >= 0.3 is 6.03 Å². The minimum atomic E-state index is -0.225. The van der Waals surface area contributed by atoms with E-state index in [2.05, 4.69) is 27.7 Å². The molecule has 0 spiro atoms. The molecule has 1 atom stereocenters. The van der Waals surface area contributed by atoms with Crippen LogP contribution in [0, 0.1) is 6.92 Å². The molecule has 0 unspecified atom stereocenters. The monoisotopic (exact) mass is 380 g/mol. The van der Waals surface area contributed by atoms with Gasteiger partial charge in [-0.1, -0.05) is 48.0 Å². The van der Waals surface area contributed by atoms with Crippen LogP contribution in [0.4, 0.5) is 10.5 Å². The number of anilines is 1. The van der Waals surface area contributed by atoms with Gasteiger partial charge in [-0.05, 0) is 31.7 Å². The molecule has 3 amide bonds. The highest BCUT2D eigenvalue weighted by Gasteiger charge is 2.31. The zero-order valence-corrected chi connectivity index (χ0v) is 16.5. The predicted octanol–water partition coefficient (Wildman–Crippen LogP) is 2.53. The van der Waals surface area contributed by atoms with Gasteiger partial charge in [0, 0.05) is 38.3 Å². The average Bonchev–Trinajstić information content (AvgIpc) is 3.03. The molecule has 28 heavy (non-hydrogen) atoms. The van der Waals surface area contributed by atoms with E-state index in [1.54, 1.807) is 4.90 Å². The summed E-state index contributed by atoms with van der Waals surface area (Å²) in [6.45, 7) is 4.66. The minimum Gasteiger partial charge on any atom is -0.337 e. The first-order valence-electron chi connectivity index (χ1n) is 9.65. The topological polar surface area (TPSA) is 64.7 Å². The molecule has 2 aromatic carbocycles. The van der Waals surface area contributed by atoms with Crippen molar-refractivity contribution >= 4 is 17.6 Å². The van der Waals surface area contributed by atoms with Gasteiger partial charge in [-0.15, -0.1) is 0 Å². The largest absolute Gasteiger partial charge is 0.337 e. The molecule has 0 bridgehead atoms. The van der Waals surface area contributed by atoms with Crippen molar-refractivity contribution in [3.05, 3.63) is 65.7 Å². The third-order valence-corrected chi connectivity index (χ3v) is 4.88. The molecule has 2 aromatic rings. The van der Waals surface area contributed by atoms with E-state index >= 15 is 0 Å². The van der Waals surface area contributed by atoms with Crippen LogP contribution in [0.25, 0.3) is 0 Å². The Balaban J connectivity index is 1.39. The molecule has 1 fully saturated rings. The maximum atomic E-state index is 12.3. The quantitative estimate of drug-likeness (QED) is 0.776. The van der Waals surface area contributed by atoms with Crippen molar-refractivity contribution in [1.29, 1.82) is 0 Å². The van der Waals surface area contributed by atoms with Gasteiger partial charge < -0.3 is 20.4 Å². The number of carbonyl (C=O) groups is 2. The van der Waals surface area contributed by atoms with Gasteiger partial charge in [0.05, 0.1) is 6.04 Å². The Bertz CT molecular complexity index is 792. The normalized spacial score (nSPS) is 16.5. The van der Waals surface area contributed by atoms with E-state index < -0.39 is 0 Å². The van der Waals surface area contributed by atoms with E-state index in [0.717, 1.165) is 24.3 Å². The minimum absolute atomic E-state index is 0.0387. The lowest BCUT2D eigenvalue weighted by atomic mass is 10.2. The van der Waals surface area contributed by atoms with E-state index in [1.165, 1.54) is 5.56 Å². The molecule has 1 aliphatic rings. The van der Waals surface area contributed by atoms with Crippen LogP contribution < -0.4 is 15.5 Å². The van der Waals surface area contributed by atoms with Gasteiger partial charge in [-0.25, -0.2) is 4.79 Å². The first-order chi connectivity index (χ1) is 13.5. The standard InChI is InChI=1S/C22H28N4O2/c1-17-8-10-20(11-9-17)26-16-19(14-21(26)27)24-22(28)23-12-13-25(2)15-18-6-4-3-5-7-18/h3-11,19H,12-16H2,1-2H3,(H2,23,24,28)/t19-/m0/s1. The summed E-state index contributed by atoms with van der Waals surface area (Å²) in [6.07, 6.45) is 0.329. The van der Waals surface area contributed by atoms with Crippen molar-refractivity contribution in [2.24, 2.45) is 0 Å². The van der Waals surface area contributed by atoms with E-state index in [-0.39, 0.29) is 18.0 Å². The van der Waals surface area contributed by atoms with Crippen LogP contribution in [0.3, 0.4) is 0 Å². The summed E-state index contributed by atoms with van der Waals surface area (Å²) in [5.41, 5.74) is 3.28. The Kier molecular flexibility index (Phi) is 6.66. The Morgan fingerprint density at radius 1 is 1.14 bits per heavy atom. The summed E-state index contributed by atoms with van der Waals surface area (Å²) in [6, 6.07) is 17.7. The number of urea groups is 1. The fraction of sp³-hybridized carbons (Fsp3) is 0.364. The lowest BCUT2D eigenvalue weighted by Gasteiger charge is -2.19. The molecule has 0 saturated carbocycles. The summed E-state index contributed by atoms with van der Waals surface area (Å²) < 4.78 is 0. The van der Waals surface area contributed by atoms with Gasteiger partial charge in [0.1, 0.15) is 0 Å². The SMILES string of the molecule is Cc1ccc(N2C[C@@H](NC(=O)NCCN(C)Cc3ccccc3)CC2=O)cc1. The van der Waals surface area contributed by atoms with Crippen molar-refractivity contribution < 1.29 is 9.59 Å². The molecule has 148 valence electrons. The zero-order valence-electron chi connectivity index (χ0n) is 16.5. The van der Waals surface area contributed by atoms with Crippen molar-refractivity contribution in [3.63, 3.8) is 0 Å². The Morgan fingerprint density at radius 2 is 1.86 bits per heavy atom. The third kappa shape index (κ3) is 5.57. The summed E-state index contributed by atoms with van der Waals surface area (Å²) in [4.78, 5) is 28.3. The first kappa shape index (κ1) is 19.9.